The normalized spacial score (nSPS) is 9.50. The van der Waals surface area contributed by atoms with Crippen molar-refractivity contribution < 1.29 is 0 Å². The molecule has 0 spiro atoms. The van der Waals surface area contributed by atoms with Crippen molar-refractivity contribution in [3.8, 4) is 11.3 Å². The van der Waals surface area contributed by atoms with Gasteiger partial charge in [0.05, 0.1) is 5.69 Å². The number of nitrogens with zero attached hydrogens (tertiary/aromatic N) is 1. The van der Waals surface area contributed by atoms with Gasteiger partial charge in [-0.3, -0.25) is 5.10 Å². The highest BCUT2D eigenvalue weighted by Crippen LogP contribution is 2.23. The van der Waals surface area contributed by atoms with Gasteiger partial charge in [0.2, 0.25) is 0 Å². The Morgan fingerprint density at radius 1 is 1.29 bits per heavy atom. The molecular formula is C9H9ClIN3. The van der Waals surface area contributed by atoms with Crippen molar-refractivity contribution in [1.82, 2.24) is 10.2 Å². The van der Waals surface area contributed by atoms with E-state index in [4.69, 9.17) is 5.73 Å². The standard InChI is InChI=1S/C9H8IN3.ClH/c10-7-4-2-1-3-6(7)8-5-9(11)13-12-8;/h1-5H,(H3,11,12,13);1H. The number of aromatic nitrogens is 2. The predicted molar refractivity (Wildman–Crippen MR) is 68.4 cm³/mol. The van der Waals surface area contributed by atoms with Crippen LogP contribution in [0.5, 0.6) is 0 Å². The summed E-state index contributed by atoms with van der Waals surface area (Å²) < 4.78 is 1.18. The highest BCUT2D eigenvalue weighted by molar-refractivity contribution is 14.1. The number of aromatic amines is 1. The highest BCUT2D eigenvalue weighted by Gasteiger charge is 2.03. The van der Waals surface area contributed by atoms with Crippen molar-refractivity contribution in [2.45, 2.75) is 0 Å². The molecule has 3 nitrogen and oxygen atoms in total. The maximum atomic E-state index is 5.52. The Balaban J connectivity index is 0.000000980. The number of hydrogen-bond acceptors (Lipinski definition) is 2. The lowest BCUT2D eigenvalue weighted by molar-refractivity contribution is 1.10. The molecule has 0 aliphatic heterocycles. The molecule has 5 heteroatoms. The molecule has 2 rings (SSSR count). The predicted octanol–water partition coefficient (Wildman–Crippen LogP) is 2.69. The number of H-pyrrole nitrogens is 1. The summed E-state index contributed by atoms with van der Waals surface area (Å²) in [5, 5.41) is 6.77. The fourth-order valence-electron chi connectivity index (χ4n) is 1.15. The van der Waals surface area contributed by atoms with E-state index in [-0.39, 0.29) is 12.4 Å². The highest BCUT2D eigenvalue weighted by atomic mass is 127. The maximum Gasteiger partial charge on any atom is 0.145 e. The Kier molecular flexibility index (Phi) is 3.77. The van der Waals surface area contributed by atoms with Crippen molar-refractivity contribution in [3.05, 3.63) is 33.9 Å². The average molecular weight is 322 g/mol. The molecule has 0 fully saturated rings. The first-order valence-electron chi connectivity index (χ1n) is 3.83. The number of halogens is 2. The fourth-order valence-corrected chi connectivity index (χ4v) is 1.83. The van der Waals surface area contributed by atoms with Crippen LogP contribution in [0, 0.1) is 3.57 Å². The molecular weight excluding hydrogens is 312 g/mol. The van der Waals surface area contributed by atoms with Gasteiger partial charge >= 0.3 is 0 Å². The van der Waals surface area contributed by atoms with Crippen LogP contribution in [-0.2, 0) is 0 Å². The van der Waals surface area contributed by atoms with Crippen LogP contribution >= 0.6 is 35.0 Å². The van der Waals surface area contributed by atoms with Crippen molar-refractivity contribution in [2.24, 2.45) is 0 Å². The third-order valence-corrected chi connectivity index (χ3v) is 2.70. The molecule has 0 aliphatic rings. The van der Waals surface area contributed by atoms with E-state index in [1.54, 1.807) is 0 Å². The van der Waals surface area contributed by atoms with Crippen LogP contribution in [0.2, 0.25) is 0 Å². The third-order valence-electron chi connectivity index (χ3n) is 1.76. The summed E-state index contributed by atoms with van der Waals surface area (Å²) in [5.74, 6) is 0.523. The number of hydrogen-bond donors (Lipinski definition) is 2. The molecule has 0 aliphatic carbocycles. The Morgan fingerprint density at radius 2 is 2.00 bits per heavy atom. The molecule has 1 aromatic carbocycles. The molecule has 14 heavy (non-hydrogen) atoms. The zero-order chi connectivity index (χ0) is 9.26. The molecule has 0 atom stereocenters. The largest absolute Gasteiger partial charge is 0.382 e. The van der Waals surface area contributed by atoms with Crippen molar-refractivity contribution in [3.63, 3.8) is 0 Å². The van der Waals surface area contributed by atoms with Gasteiger partial charge < -0.3 is 5.73 Å². The first-order valence-corrected chi connectivity index (χ1v) is 4.91. The molecule has 0 unspecified atom stereocenters. The van der Waals surface area contributed by atoms with E-state index in [2.05, 4.69) is 32.8 Å². The number of anilines is 1. The van der Waals surface area contributed by atoms with E-state index in [0.29, 0.717) is 5.82 Å². The first kappa shape index (κ1) is 11.3. The lowest BCUT2D eigenvalue weighted by Gasteiger charge is -1.98. The van der Waals surface area contributed by atoms with Gasteiger partial charge in [0, 0.05) is 15.2 Å². The van der Waals surface area contributed by atoms with Crippen LogP contribution < -0.4 is 5.73 Å². The van der Waals surface area contributed by atoms with Gasteiger partial charge in [-0.1, -0.05) is 18.2 Å². The van der Waals surface area contributed by atoms with Gasteiger partial charge in [0.25, 0.3) is 0 Å². The van der Waals surface area contributed by atoms with Gasteiger partial charge in [0.1, 0.15) is 5.82 Å². The van der Waals surface area contributed by atoms with Crippen molar-refractivity contribution >= 4 is 40.8 Å². The molecule has 3 N–H and O–H groups in total. The minimum Gasteiger partial charge on any atom is -0.382 e. The van der Waals surface area contributed by atoms with Gasteiger partial charge in [-0.25, -0.2) is 0 Å². The second-order valence-corrected chi connectivity index (χ2v) is 3.85. The van der Waals surface area contributed by atoms with E-state index in [9.17, 15) is 0 Å². The van der Waals surface area contributed by atoms with Gasteiger partial charge in [-0.05, 0) is 28.7 Å². The van der Waals surface area contributed by atoms with E-state index in [1.165, 1.54) is 3.57 Å². The Bertz CT molecular complexity index is 428. The van der Waals surface area contributed by atoms with Crippen LogP contribution in [0.3, 0.4) is 0 Å². The van der Waals surface area contributed by atoms with Crippen molar-refractivity contribution in [2.75, 3.05) is 5.73 Å². The number of rotatable bonds is 1. The maximum absolute atomic E-state index is 5.52. The van der Waals surface area contributed by atoms with Gasteiger partial charge in [0.15, 0.2) is 0 Å². The smallest absolute Gasteiger partial charge is 0.145 e. The molecule has 2 aromatic rings. The Hall–Kier alpha value is -0.750. The molecule has 0 radical (unpaired) electrons. The summed E-state index contributed by atoms with van der Waals surface area (Å²) in [4.78, 5) is 0. The number of nitrogen functional groups attached to an aromatic ring is 1. The minimum absolute atomic E-state index is 0. The van der Waals surface area contributed by atoms with E-state index < -0.39 is 0 Å². The summed E-state index contributed by atoms with van der Waals surface area (Å²) in [7, 11) is 0. The lowest BCUT2D eigenvalue weighted by Crippen LogP contribution is -1.81. The molecule has 0 bridgehead atoms. The second kappa shape index (κ2) is 4.65. The number of benzene rings is 1. The molecule has 0 saturated carbocycles. The zero-order valence-electron chi connectivity index (χ0n) is 7.20. The lowest BCUT2D eigenvalue weighted by atomic mass is 10.2. The number of nitrogens with one attached hydrogen (secondary N) is 1. The van der Waals surface area contributed by atoms with Crippen LogP contribution in [0.15, 0.2) is 30.3 Å². The average Bonchev–Trinajstić information content (AvgIpc) is 2.53. The Morgan fingerprint density at radius 3 is 2.57 bits per heavy atom. The zero-order valence-corrected chi connectivity index (χ0v) is 10.2. The van der Waals surface area contributed by atoms with Crippen LogP contribution in [0.1, 0.15) is 0 Å². The molecule has 0 saturated heterocycles. The first-order chi connectivity index (χ1) is 6.27. The van der Waals surface area contributed by atoms with E-state index in [0.717, 1.165) is 11.3 Å². The molecule has 0 amide bonds. The quantitative estimate of drug-likeness (QED) is 0.794. The van der Waals surface area contributed by atoms with Crippen LogP contribution in [0.4, 0.5) is 5.82 Å². The van der Waals surface area contributed by atoms with Crippen molar-refractivity contribution in [1.29, 1.82) is 0 Å². The fraction of sp³-hybridized carbons (Fsp3) is 0. The SMILES string of the molecule is Cl.Nc1cc(-c2ccccc2I)[nH]n1. The summed E-state index contributed by atoms with van der Waals surface area (Å²) in [6, 6.07) is 9.92. The van der Waals surface area contributed by atoms with E-state index >= 15 is 0 Å². The molecule has 1 heterocycles. The minimum atomic E-state index is 0. The topological polar surface area (TPSA) is 54.7 Å². The van der Waals surface area contributed by atoms with E-state index in [1.807, 2.05) is 30.3 Å². The monoisotopic (exact) mass is 321 g/mol. The Labute approximate surface area is 102 Å². The summed E-state index contributed by atoms with van der Waals surface area (Å²) in [5.41, 5.74) is 7.61. The van der Waals surface area contributed by atoms with Crippen LogP contribution in [-0.4, -0.2) is 10.2 Å². The van der Waals surface area contributed by atoms with Crippen LogP contribution in [0.25, 0.3) is 11.3 Å². The second-order valence-electron chi connectivity index (χ2n) is 2.69. The third kappa shape index (κ3) is 2.19. The summed E-state index contributed by atoms with van der Waals surface area (Å²) >= 11 is 2.28. The molecule has 1 aromatic heterocycles. The molecule has 74 valence electrons. The number of nitrogens with two attached hydrogens (primary N) is 1. The summed E-state index contributed by atoms with van der Waals surface area (Å²) in [6.45, 7) is 0. The summed E-state index contributed by atoms with van der Waals surface area (Å²) in [6.07, 6.45) is 0. The van der Waals surface area contributed by atoms with Gasteiger partial charge in [-0.15, -0.1) is 12.4 Å². The van der Waals surface area contributed by atoms with Gasteiger partial charge in [-0.2, -0.15) is 5.10 Å².